The first-order valence-corrected chi connectivity index (χ1v) is 10.6. The molecular weight excluding hydrogens is 392 g/mol. The summed E-state index contributed by atoms with van der Waals surface area (Å²) >= 11 is 0. The van der Waals surface area contributed by atoms with Crippen LogP contribution in [0.5, 0.6) is 5.75 Å². The van der Waals surface area contributed by atoms with Gasteiger partial charge in [-0.15, -0.1) is 0 Å². The second-order valence-electron chi connectivity index (χ2n) is 7.78. The maximum atomic E-state index is 12.1. The van der Waals surface area contributed by atoms with E-state index in [1.807, 2.05) is 30.3 Å². The number of esters is 1. The highest BCUT2D eigenvalue weighted by Crippen LogP contribution is 2.36. The van der Waals surface area contributed by atoms with Gasteiger partial charge in [0.25, 0.3) is 0 Å². The van der Waals surface area contributed by atoms with E-state index in [2.05, 4.69) is 13.5 Å². The van der Waals surface area contributed by atoms with Gasteiger partial charge >= 0.3 is 11.9 Å². The van der Waals surface area contributed by atoms with Crippen LogP contribution in [0.3, 0.4) is 0 Å². The van der Waals surface area contributed by atoms with Crippen molar-refractivity contribution in [2.75, 3.05) is 6.61 Å². The van der Waals surface area contributed by atoms with Crippen LogP contribution < -0.4 is 4.74 Å². The summed E-state index contributed by atoms with van der Waals surface area (Å²) in [5, 5.41) is 12.9. The molecule has 3 aromatic rings. The van der Waals surface area contributed by atoms with Gasteiger partial charge in [-0.25, -0.2) is 9.59 Å². The van der Waals surface area contributed by atoms with E-state index >= 15 is 0 Å². The number of fused-ring (bicyclic) bond motifs is 2. The van der Waals surface area contributed by atoms with Crippen molar-refractivity contribution in [1.82, 2.24) is 0 Å². The summed E-state index contributed by atoms with van der Waals surface area (Å²) in [5.74, 6) is -0.821. The molecule has 1 atom stereocenters. The zero-order chi connectivity index (χ0) is 22.4. The van der Waals surface area contributed by atoms with Crippen LogP contribution in [0.15, 0.2) is 60.7 Å². The number of carboxylic acid groups (broad SMARTS) is 1. The second kappa shape index (κ2) is 10.1. The fraction of sp³-hybridized carbons (Fsp3) is 0.308. The molecule has 5 heteroatoms. The van der Waals surface area contributed by atoms with Gasteiger partial charge in [-0.3, -0.25) is 0 Å². The lowest BCUT2D eigenvalue weighted by atomic mass is 10.00. The third-order valence-electron chi connectivity index (χ3n) is 5.23. The minimum absolute atomic E-state index is 0.184. The molecule has 0 spiro atoms. The van der Waals surface area contributed by atoms with Gasteiger partial charge in [0.2, 0.25) is 0 Å². The fourth-order valence-corrected chi connectivity index (χ4v) is 3.54. The molecular formula is C26H28O5. The van der Waals surface area contributed by atoms with Crippen LogP contribution in [-0.2, 0) is 9.53 Å². The van der Waals surface area contributed by atoms with Gasteiger partial charge in [0.1, 0.15) is 18.5 Å². The summed E-state index contributed by atoms with van der Waals surface area (Å²) in [6.45, 7) is 7.59. The van der Waals surface area contributed by atoms with E-state index in [9.17, 15) is 14.7 Å². The van der Waals surface area contributed by atoms with Crippen molar-refractivity contribution >= 4 is 33.5 Å². The number of rotatable bonds is 10. The number of benzene rings is 3. The SMILES string of the molecule is C=C(C)C(=O)OC(CCCCC)COc1c2ccccc2cc2ccc(C(=O)O)cc12. The molecule has 1 N–H and O–H groups in total. The zero-order valence-electron chi connectivity index (χ0n) is 18.0. The van der Waals surface area contributed by atoms with Gasteiger partial charge in [-0.1, -0.05) is 56.7 Å². The molecule has 0 fully saturated rings. The van der Waals surface area contributed by atoms with Gasteiger partial charge in [-0.2, -0.15) is 0 Å². The van der Waals surface area contributed by atoms with Gasteiger partial charge in [0.05, 0.1) is 5.56 Å². The average Bonchev–Trinajstić information content (AvgIpc) is 2.75. The molecule has 3 rings (SSSR count). The lowest BCUT2D eigenvalue weighted by Crippen LogP contribution is -2.25. The Kier molecular flexibility index (Phi) is 7.29. The molecule has 31 heavy (non-hydrogen) atoms. The first kappa shape index (κ1) is 22.3. The molecule has 0 aliphatic carbocycles. The molecule has 0 aromatic heterocycles. The third kappa shape index (κ3) is 5.43. The Hall–Kier alpha value is -3.34. The van der Waals surface area contributed by atoms with Crippen LogP contribution in [0, 0.1) is 0 Å². The van der Waals surface area contributed by atoms with Crippen molar-refractivity contribution in [3.8, 4) is 5.75 Å². The lowest BCUT2D eigenvalue weighted by Gasteiger charge is -2.20. The second-order valence-corrected chi connectivity index (χ2v) is 7.78. The Morgan fingerprint density at radius 1 is 1.03 bits per heavy atom. The van der Waals surface area contributed by atoms with Crippen molar-refractivity contribution in [3.05, 3.63) is 66.2 Å². The van der Waals surface area contributed by atoms with Crippen molar-refractivity contribution in [3.63, 3.8) is 0 Å². The minimum Gasteiger partial charge on any atom is -0.488 e. The van der Waals surface area contributed by atoms with E-state index in [0.717, 1.165) is 40.8 Å². The smallest absolute Gasteiger partial charge is 0.335 e. The van der Waals surface area contributed by atoms with Crippen molar-refractivity contribution in [1.29, 1.82) is 0 Å². The summed E-state index contributed by atoms with van der Waals surface area (Å²) in [4.78, 5) is 23.6. The van der Waals surface area contributed by atoms with Gasteiger partial charge in [-0.05, 0) is 48.7 Å². The molecule has 162 valence electrons. The zero-order valence-corrected chi connectivity index (χ0v) is 18.0. The Labute approximate surface area is 182 Å². The van der Waals surface area contributed by atoms with Crippen molar-refractivity contribution in [2.45, 2.75) is 45.6 Å². The minimum atomic E-state index is -0.992. The first-order chi connectivity index (χ1) is 14.9. The summed E-state index contributed by atoms with van der Waals surface area (Å²) in [6, 6.07) is 14.8. The number of ether oxygens (including phenoxy) is 2. The van der Waals surface area contributed by atoms with Crippen LogP contribution in [0.25, 0.3) is 21.5 Å². The highest BCUT2D eigenvalue weighted by Gasteiger charge is 2.18. The molecule has 0 radical (unpaired) electrons. The highest BCUT2D eigenvalue weighted by atomic mass is 16.6. The number of aromatic carboxylic acids is 1. The molecule has 0 saturated carbocycles. The van der Waals surface area contributed by atoms with E-state index in [4.69, 9.17) is 9.47 Å². The molecule has 5 nitrogen and oxygen atoms in total. The van der Waals surface area contributed by atoms with Gasteiger partial charge in [0, 0.05) is 16.3 Å². The number of carbonyl (C=O) groups excluding carboxylic acids is 1. The Morgan fingerprint density at radius 3 is 2.48 bits per heavy atom. The van der Waals surface area contributed by atoms with Crippen molar-refractivity contribution in [2.24, 2.45) is 0 Å². The summed E-state index contributed by atoms with van der Waals surface area (Å²) in [7, 11) is 0. The van der Waals surface area contributed by atoms with Crippen LogP contribution in [0.2, 0.25) is 0 Å². The average molecular weight is 421 g/mol. The number of carboxylic acids is 1. The fourth-order valence-electron chi connectivity index (χ4n) is 3.54. The van der Waals surface area contributed by atoms with E-state index in [0.29, 0.717) is 17.7 Å². The van der Waals surface area contributed by atoms with Crippen LogP contribution in [0.1, 0.15) is 49.9 Å². The van der Waals surface area contributed by atoms with E-state index in [1.54, 1.807) is 25.1 Å². The largest absolute Gasteiger partial charge is 0.488 e. The van der Waals surface area contributed by atoms with Gasteiger partial charge < -0.3 is 14.6 Å². The summed E-state index contributed by atoms with van der Waals surface area (Å²) in [6.07, 6.45) is 3.31. The maximum Gasteiger partial charge on any atom is 0.335 e. The molecule has 0 amide bonds. The Bertz CT molecular complexity index is 1120. The van der Waals surface area contributed by atoms with Crippen LogP contribution in [0.4, 0.5) is 0 Å². The van der Waals surface area contributed by atoms with E-state index < -0.39 is 18.0 Å². The van der Waals surface area contributed by atoms with E-state index in [-0.39, 0.29) is 12.2 Å². The molecule has 0 heterocycles. The quantitative estimate of drug-likeness (QED) is 0.185. The molecule has 0 aliphatic rings. The number of carbonyl (C=O) groups is 2. The molecule has 0 saturated heterocycles. The van der Waals surface area contributed by atoms with Crippen LogP contribution in [-0.4, -0.2) is 29.8 Å². The van der Waals surface area contributed by atoms with Gasteiger partial charge in [0.15, 0.2) is 0 Å². The topological polar surface area (TPSA) is 72.8 Å². The maximum absolute atomic E-state index is 12.1. The number of hydrogen-bond acceptors (Lipinski definition) is 4. The summed E-state index contributed by atoms with van der Waals surface area (Å²) < 4.78 is 11.8. The molecule has 0 bridgehead atoms. The molecule has 3 aromatic carbocycles. The number of unbranched alkanes of at least 4 members (excludes halogenated alkanes) is 2. The molecule has 1 unspecified atom stereocenters. The normalized spacial score (nSPS) is 11.9. The van der Waals surface area contributed by atoms with Crippen LogP contribution >= 0.6 is 0 Å². The highest BCUT2D eigenvalue weighted by molar-refractivity contribution is 6.07. The lowest BCUT2D eigenvalue weighted by molar-refractivity contribution is -0.146. The predicted octanol–water partition coefficient (Wildman–Crippen LogP) is 6.14. The third-order valence-corrected chi connectivity index (χ3v) is 5.23. The predicted molar refractivity (Wildman–Crippen MR) is 123 cm³/mol. The Balaban J connectivity index is 1.97. The summed E-state index contributed by atoms with van der Waals surface area (Å²) in [5.41, 5.74) is 0.544. The first-order valence-electron chi connectivity index (χ1n) is 10.6. The molecule has 0 aliphatic heterocycles. The van der Waals surface area contributed by atoms with Crippen molar-refractivity contribution < 1.29 is 24.2 Å². The van der Waals surface area contributed by atoms with E-state index in [1.165, 1.54) is 0 Å². The standard InChI is InChI=1S/C26H28O5/c1-4-5-6-10-21(31-26(29)17(2)3)16-30-24-22-11-8-7-9-18(22)14-19-12-13-20(25(27)28)15-23(19)24/h7-9,11-15,21H,2,4-6,10,16H2,1,3H3,(H,27,28). The monoisotopic (exact) mass is 420 g/mol. The number of hydrogen-bond donors (Lipinski definition) is 1. The Morgan fingerprint density at radius 2 is 1.77 bits per heavy atom.